The van der Waals surface area contributed by atoms with Crippen molar-refractivity contribution in [1.29, 1.82) is 0 Å². The van der Waals surface area contributed by atoms with Gasteiger partial charge in [0.1, 0.15) is 57.9 Å². The van der Waals surface area contributed by atoms with Gasteiger partial charge in [-0.2, -0.15) is 0 Å². The number of benzene rings is 14. The minimum Gasteiger partial charge on any atom is -0.457 e. The maximum Gasteiger partial charge on any atom is 0.150 e. The van der Waals surface area contributed by atoms with Gasteiger partial charge in [0.05, 0.1) is 22.2 Å². The van der Waals surface area contributed by atoms with E-state index in [0.717, 1.165) is 112 Å². The average molecular weight is 1440 g/mol. The SMILES string of the molecule is C=Cc1ccc(Oc2ccc(C3(c4ccc(F)cc4)c4ccccc4-c4ccc(N(c5ccc6c(c5)C5(CC6(C)C)CC(C)(C)c6ccc(N(c7ccc8c(c7)C(c7ccc(F)cc7)(c7ccc(Oc9ccc(C=C)cc9)cc7)c7ccccc7-8)c7ccc(F)cc7F)cc65)c5ccc(F)cc5F)cc43)cc2)cc1. The van der Waals surface area contributed by atoms with Gasteiger partial charge >= 0.3 is 0 Å². The van der Waals surface area contributed by atoms with Crippen LogP contribution in [0.1, 0.15) is 118 Å². The number of rotatable bonds is 16. The first-order valence-corrected chi connectivity index (χ1v) is 36.6. The van der Waals surface area contributed by atoms with E-state index in [4.69, 9.17) is 9.47 Å². The van der Waals surface area contributed by atoms with Gasteiger partial charge in [0.15, 0.2) is 0 Å². The molecule has 2 atom stereocenters. The highest BCUT2D eigenvalue weighted by atomic mass is 19.2. The second-order valence-electron chi connectivity index (χ2n) is 30.4. The molecule has 4 aliphatic rings. The third kappa shape index (κ3) is 11.0. The van der Waals surface area contributed by atoms with Crippen molar-refractivity contribution < 1.29 is 35.8 Å². The van der Waals surface area contributed by atoms with Gasteiger partial charge in [-0.05, 0) is 269 Å². The summed E-state index contributed by atoms with van der Waals surface area (Å²) in [5.41, 5.74) is 15.9. The minimum absolute atomic E-state index is 0.113. The zero-order chi connectivity index (χ0) is 74.9. The predicted molar refractivity (Wildman–Crippen MR) is 426 cm³/mol. The molecule has 14 aromatic carbocycles. The van der Waals surface area contributed by atoms with Crippen molar-refractivity contribution in [3.63, 3.8) is 0 Å². The maximum absolute atomic E-state index is 17.4. The number of hydrogen-bond donors (Lipinski definition) is 0. The molecule has 18 rings (SSSR count). The smallest absolute Gasteiger partial charge is 0.150 e. The van der Waals surface area contributed by atoms with Crippen LogP contribution in [0.25, 0.3) is 34.4 Å². The van der Waals surface area contributed by atoms with E-state index in [-0.39, 0.29) is 23.0 Å². The van der Waals surface area contributed by atoms with Gasteiger partial charge in [0.2, 0.25) is 0 Å². The molecule has 4 aliphatic carbocycles. The number of ether oxygens (including phenoxy) is 2. The highest BCUT2D eigenvalue weighted by molar-refractivity contribution is 5.92. The van der Waals surface area contributed by atoms with Crippen molar-refractivity contribution in [3.05, 3.63) is 429 Å². The Balaban J connectivity index is 0.797. The number of nitrogens with zero attached hydrogens (tertiary/aromatic N) is 2. The van der Waals surface area contributed by atoms with Crippen LogP contribution in [0, 0.1) is 34.9 Å². The summed E-state index contributed by atoms with van der Waals surface area (Å²) >= 11 is 0. The highest BCUT2D eigenvalue weighted by Crippen LogP contribution is 2.66. The van der Waals surface area contributed by atoms with Gasteiger partial charge in [-0.25, -0.2) is 26.3 Å². The molecular formula is C99H72F6N2O2. The number of fused-ring (bicyclic) bond motifs is 10. The molecule has 4 nitrogen and oxygen atoms in total. The van der Waals surface area contributed by atoms with E-state index in [1.165, 1.54) is 48.5 Å². The first-order valence-electron chi connectivity index (χ1n) is 36.6. The summed E-state index contributed by atoms with van der Waals surface area (Å²) in [6.45, 7) is 16.8. The van der Waals surface area contributed by atoms with Crippen molar-refractivity contribution in [2.75, 3.05) is 9.80 Å². The Morgan fingerprint density at radius 2 is 0.596 bits per heavy atom. The standard InChI is InChI=1S/C99H72F6N2O2/c1-7-61-17-39-75(40-18-61)108-77-43-25-65(26-44-77)98(63-21-29-67(100)30-22-63)83-15-11-9-13-79(83)81-47-35-71(55-87(81)98)106(93-51-33-69(102)53-91(93)104)73-37-49-85-89(57-73)97(59-95(85,3)4)60-96(5,6)86-50-38-74(58-90(86)97)107(94-52-34-70(103)54-92(94)105)72-36-48-82-80-14-10-12-16-84(80)99(88(82)56-72,64-23-31-68(101)32-24-64)66-27-45-78(46-28-66)109-76-41-19-62(8-2)20-42-76/h7-58H,1-2,59-60H2,3-6H3. The Morgan fingerprint density at radius 1 is 0.294 bits per heavy atom. The van der Waals surface area contributed by atoms with Crippen LogP contribution in [-0.2, 0) is 27.1 Å². The summed E-state index contributed by atoms with van der Waals surface area (Å²) < 4.78 is 109. The van der Waals surface area contributed by atoms with Crippen LogP contribution in [0.15, 0.2) is 316 Å². The van der Waals surface area contributed by atoms with Crippen LogP contribution in [0.5, 0.6) is 23.0 Å². The van der Waals surface area contributed by atoms with Crippen LogP contribution in [-0.4, -0.2) is 0 Å². The van der Waals surface area contributed by atoms with Crippen LogP contribution < -0.4 is 19.3 Å². The lowest BCUT2D eigenvalue weighted by Gasteiger charge is -2.35. The van der Waals surface area contributed by atoms with Crippen LogP contribution in [0.2, 0.25) is 0 Å². The van der Waals surface area contributed by atoms with E-state index in [1.54, 1.807) is 12.2 Å². The maximum atomic E-state index is 17.4. The van der Waals surface area contributed by atoms with E-state index in [9.17, 15) is 0 Å². The molecule has 0 bridgehead atoms. The summed E-state index contributed by atoms with van der Waals surface area (Å²) in [6, 6.07) is 93.4. The van der Waals surface area contributed by atoms with Crippen molar-refractivity contribution in [3.8, 4) is 45.3 Å². The monoisotopic (exact) mass is 1430 g/mol. The lowest BCUT2D eigenvalue weighted by atomic mass is 9.67. The molecular weight excluding hydrogens is 1360 g/mol. The Bertz CT molecular complexity index is 5620. The first-order chi connectivity index (χ1) is 52.8. The fourth-order valence-electron chi connectivity index (χ4n) is 18.7. The topological polar surface area (TPSA) is 24.9 Å². The molecule has 0 saturated carbocycles. The lowest BCUT2D eigenvalue weighted by molar-refractivity contribution is 0.349. The van der Waals surface area contributed by atoms with Crippen molar-refractivity contribution in [2.24, 2.45) is 0 Å². The molecule has 14 aromatic rings. The molecule has 0 aromatic heterocycles. The summed E-state index contributed by atoms with van der Waals surface area (Å²) in [5, 5.41) is 0. The summed E-state index contributed by atoms with van der Waals surface area (Å²) in [4.78, 5) is 3.75. The van der Waals surface area contributed by atoms with Crippen molar-refractivity contribution >= 4 is 46.3 Å². The third-order valence-electron chi connectivity index (χ3n) is 23.2. The molecule has 0 N–H and O–H groups in total. The molecule has 0 heterocycles. The van der Waals surface area contributed by atoms with Crippen LogP contribution in [0.3, 0.4) is 0 Å². The number of halogens is 6. The first kappa shape index (κ1) is 68.2. The Labute approximate surface area is 630 Å². The molecule has 1 spiro atoms. The van der Waals surface area contributed by atoms with Gasteiger partial charge in [-0.3, -0.25) is 0 Å². The predicted octanol–water partition coefficient (Wildman–Crippen LogP) is 26.7. The molecule has 0 aliphatic heterocycles. The molecule has 532 valence electrons. The van der Waals surface area contributed by atoms with Gasteiger partial charge < -0.3 is 19.3 Å². The van der Waals surface area contributed by atoms with Gasteiger partial charge in [-0.1, -0.05) is 199 Å². The second-order valence-corrected chi connectivity index (χ2v) is 30.4. The van der Waals surface area contributed by atoms with E-state index >= 15 is 26.3 Å². The van der Waals surface area contributed by atoms with Gasteiger partial charge in [0.25, 0.3) is 0 Å². The largest absolute Gasteiger partial charge is 0.457 e. The number of anilines is 6. The summed E-state index contributed by atoms with van der Waals surface area (Å²) in [5.74, 6) is -1.26. The van der Waals surface area contributed by atoms with Crippen molar-refractivity contribution in [2.45, 2.75) is 67.6 Å². The Morgan fingerprint density at radius 3 is 0.945 bits per heavy atom. The summed E-state index contributed by atoms with van der Waals surface area (Å²) in [7, 11) is 0. The van der Waals surface area contributed by atoms with Crippen molar-refractivity contribution in [1.82, 2.24) is 0 Å². The highest BCUT2D eigenvalue weighted by Gasteiger charge is 2.57. The van der Waals surface area contributed by atoms with Gasteiger partial charge in [0, 0.05) is 40.3 Å². The van der Waals surface area contributed by atoms with E-state index in [2.05, 4.69) is 114 Å². The quantitative estimate of drug-likeness (QED) is 0.0900. The third-order valence-corrected chi connectivity index (χ3v) is 23.2. The lowest BCUT2D eigenvalue weighted by Crippen LogP contribution is -2.29. The molecule has 109 heavy (non-hydrogen) atoms. The second kappa shape index (κ2) is 25.8. The Hall–Kier alpha value is -12.7. The average Bonchev–Trinajstić information content (AvgIpc) is 1.53. The summed E-state index contributed by atoms with van der Waals surface area (Å²) in [6.07, 6.45) is 4.89. The molecule has 2 unspecified atom stereocenters. The Kier molecular flexibility index (Phi) is 16.1. The van der Waals surface area contributed by atoms with Gasteiger partial charge in [-0.15, -0.1) is 0 Å². The fraction of sp³-hybridized carbons (Fsp3) is 0.111. The molecule has 0 fully saturated rings. The van der Waals surface area contributed by atoms with E-state index < -0.39 is 50.3 Å². The zero-order valence-electron chi connectivity index (χ0n) is 60.3. The molecule has 0 radical (unpaired) electrons. The fourth-order valence-corrected chi connectivity index (χ4v) is 18.7. The molecule has 10 heteroatoms. The van der Waals surface area contributed by atoms with Crippen LogP contribution >= 0.6 is 0 Å². The normalized spacial score (nSPS) is 17.7. The zero-order valence-corrected chi connectivity index (χ0v) is 60.3. The number of hydrogen-bond acceptors (Lipinski definition) is 4. The molecule has 0 amide bonds. The molecule has 0 saturated heterocycles. The van der Waals surface area contributed by atoms with E-state index in [0.29, 0.717) is 58.6 Å². The van der Waals surface area contributed by atoms with E-state index in [1.807, 2.05) is 180 Å². The van der Waals surface area contributed by atoms with Crippen LogP contribution in [0.4, 0.5) is 60.5 Å². The minimum atomic E-state index is -1.06.